The van der Waals surface area contributed by atoms with Crippen LogP contribution in [0.3, 0.4) is 0 Å². The molecular formula is C38H52Cl2SiZr-2. The molecule has 0 saturated heterocycles. The summed E-state index contributed by atoms with van der Waals surface area (Å²) in [6, 6.07) is 22.1. The van der Waals surface area contributed by atoms with E-state index < -0.39 is 0 Å². The second kappa shape index (κ2) is 14.2. The van der Waals surface area contributed by atoms with Gasteiger partial charge in [-0.25, -0.2) is 18.1 Å². The Bertz CT molecular complexity index is 1300. The van der Waals surface area contributed by atoms with E-state index >= 15 is 0 Å². The van der Waals surface area contributed by atoms with E-state index in [0.717, 1.165) is 6.42 Å². The van der Waals surface area contributed by atoms with E-state index in [0.29, 0.717) is 5.92 Å². The van der Waals surface area contributed by atoms with E-state index in [-0.39, 0.29) is 51.9 Å². The Morgan fingerprint density at radius 2 is 1.50 bits per heavy atom. The molecule has 4 heteroatoms. The van der Waals surface area contributed by atoms with Crippen molar-refractivity contribution in [2.24, 2.45) is 27.6 Å². The summed E-state index contributed by atoms with van der Waals surface area (Å²) >= 11 is 1.80. The second-order valence-electron chi connectivity index (χ2n) is 14.0. The van der Waals surface area contributed by atoms with Gasteiger partial charge >= 0.3 is 54.7 Å². The second-order valence-corrected chi connectivity index (χ2v) is 21.9. The molecule has 0 spiro atoms. The molecule has 4 aliphatic rings. The molecular weight excluding hydrogens is 647 g/mol. The fourth-order valence-corrected chi connectivity index (χ4v) is 8.64. The number of allylic oxidation sites excluding steroid dienone is 6. The molecule has 228 valence electrons. The third kappa shape index (κ3) is 5.86. The van der Waals surface area contributed by atoms with Gasteiger partial charge in [0.15, 0.2) is 0 Å². The molecule has 1 saturated carbocycles. The van der Waals surface area contributed by atoms with Crippen molar-refractivity contribution in [2.45, 2.75) is 101 Å². The fourth-order valence-electron chi connectivity index (χ4n) is 8.14. The molecule has 1 fully saturated rings. The van der Waals surface area contributed by atoms with Crippen molar-refractivity contribution in [1.29, 1.82) is 0 Å². The van der Waals surface area contributed by atoms with Crippen LogP contribution in [0.5, 0.6) is 0 Å². The van der Waals surface area contributed by atoms with Crippen LogP contribution in [0, 0.1) is 33.5 Å². The summed E-state index contributed by atoms with van der Waals surface area (Å²) < 4.78 is 0. The van der Waals surface area contributed by atoms with E-state index in [1.165, 1.54) is 36.1 Å². The van der Waals surface area contributed by atoms with Crippen molar-refractivity contribution in [2.75, 3.05) is 0 Å². The fraction of sp³-hybridized carbons (Fsp3) is 0.526. The Morgan fingerprint density at radius 1 is 0.905 bits per heavy atom. The first-order valence-electron chi connectivity index (χ1n) is 15.6. The molecule has 2 aromatic carbocycles. The summed E-state index contributed by atoms with van der Waals surface area (Å²) in [6.45, 7) is 24.9. The van der Waals surface area contributed by atoms with Crippen LogP contribution in [0.25, 0.3) is 5.57 Å². The molecule has 4 aliphatic carbocycles. The minimum Gasteiger partial charge on any atom is -1.00 e. The summed E-state index contributed by atoms with van der Waals surface area (Å²) in [5.74, 6) is 2.24. The first-order chi connectivity index (χ1) is 18.8. The number of hydrogen-bond acceptors (Lipinski definition) is 0. The zero-order chi connectivity index (χ0) is 29.5. The minimum atomic E-state index is 0. The zero-order valence-corrected chi connectivity index (χ0v) is 32.7. The Morgan fingerprint density at radius 3 is 2.02 bits per heavy atom. The summed E-state index contributed by atoms with van der Waals surface area (Å²) in [5.41, 5.74) is 10.5. The number of rotatable bonds is 2. The smallest absolute Gasteiger partial charge is 0.00969 e. The normalized spacial score (nSPS) is 25.1. The van der Waals surface area contributed by atoms with Gasteiger partial charge in [0, 0.05) is 0 Å². The van der Waals surface area contributed by atoms with Crippen molar-refractivity contribution in [1.82, 2.24) is 0 Å². The van der Waals surface area contributed by atoms with Gasteiger partial charge in [0.05, 0.1) is 0 Å². The molecule has 0 nitrogen and oxygen atoms in total. The van der Waals surface area contributed by atoms with E-state index in [4.69, 9.17) is 0 Å². The number of hydrogen-bond donors (Lipinski definition) is 0. The maximum absolute atomic E-state index is 2.62. The van der Waals surface area contributed by atoms with Gasteiger partial charge < -0.3 is 24.8 Å². The van der Waals surface area contributed by atoms with Gasteiger partial charge in [0.1, 0.15) is 0 Å². The largest absolute Gasteiger partial charge is 1.00 e. The predicted molar refractivity (Wildman–Crippen MR) is 173 cm³/mol. The monoisotopic (exact) mass is 696 g/mol. The van der Waals surface area contributed by atoms with Crippen LogP contribution in [-0.4, -0.2) is 5.43 Å². The molecule has 0 radical (unpaired) electrons. The van der Waals surface area contributed by atoms with Crippen LogP contribution in [0.1, 0.15) is 93.2 Å². The van der Waals surface area contributed by atoms with E-state index in [9.17, 15) is 0 Å². The molecule has 0 bridgehead atoms. The maximum atomic E-state index is 2.62. The van der Waals surface area contributed by atoms with Gasteiger partial charge in [-0.1, -0.05) is 113 Å². The number of halogens is 2. The molecule has 6 rings (SSSR count). The Kier molecular flexibility index (Phi) is 12.7. The molecule has 2 aromatic rings. The summed E-state index contributed by atoms with van der Waals surface area (Å²) in [5, 5.41) is 0. The third-order valence-corrected chi connectivity index (χ3v) is 19.1. The van der Waals surface area contributed by atoms with Crippen molar-refractivity contribution < 1.29 is 48.1 Å². The van der Waals surface area contributed by atoms with Gasteiger partial charge in [0.2, 0.25) is 0 Å². The van der Waals surface area contributed by atoms with Gasteiger partial charge in [-0.15, -0.1) is 6.92 Å². The SMILES string of the molecule is CC[Si](=[Zr+2])CC.C[C-]1C2=C3Cc4ccccc4C3=C3C=CCCC3C2(C)C(C)(C)C(C)(C)C1(C)C.[Cl-].[Cl-].c1cc[cH-]c1. The van der Waals surface area contributed by atoms with Crippen LogP contribution in [0.4, 0.5) is 0 Å². The van der Waals surface area contributed by atoms with Crippen LogP contribution in [0.15, 0.2) is 83.5 Å². The molecule has 0 aromatic heterocycles. The van der Waals surface area contributed by atoms with Crippen molar-refractivity contribution in [3.05, 3.63) is 101 Å². The Balaban J connectivity index is 0.000000403. The van der Waals surface area contributed by atoms with E-state index in [1.54, 1.807) is 51.5 Å². The van der Waals surface area contributed by atoms with Crippen LogP contribution < -0.4 is 24.8 Å². The summed E-state index contributed by atoms with van der Waals surface area (Å²) in [4.78, 5) is 0. The zero-order valence-electron chi connectivity index (χ0n) is 27.7. The minimum absolute atomic E-state index is 0. The standard InChI is InChI=1S/C29H37.C5H5.C4H10Si.2ClH.Zr/c1-18-25-22-17-19-13-9-10-14-20(19)24(22)21-15-11-12-16-23(21)29(25,8)28(6,7)27(4,5)26(18,2)3;1-2-4-5-3-1;1-3-5-4-2;;;/h9-11,13-15,23H,12,16-17H2,1-8H3;1-5H;3-4H2,1-2H3;2*1H;/q2*-1;;;;+2/p-2. The molecule has 2 unspecified atom stereocenters. The van der Waals surface area contributed by atoms with Gasteiger partial charge in [-0.2, -0.15) is 29.3 Å². The van der Waals surface area contributed by atoms with Gasteiger partial charge in [-0.3, -0.25) is 0 Å². The molecule has 0 heterocycles. The average Bonchev–Trinajstić information content (AvgIpc) is 3.64. The van der Waals surface area contributed by atoms with Crippen LogP contribution in [0.2, 0.25) is 12.1 Å². The molecule has 0 amide bonds. The number of benzene rings is 1. The molecule has 2 atom stereocenters. The molecule has 0 aliphatic heterocycles. The van der Waals surface area contributed by atoms with Crippen LogP contribution >= 0.6 is 0 Å². The maximum Gasteiger partial charge on any atom is -0.00969 e. The topological polar surface area (TPSA) is 0 Å². The Labute approximate surface area is 285 Å². The van der Waals surface area contributed by atoms with Crippen molar-refractivity contribution in [3.63, 3.8) is 0 Å². The average molecular weight is 699 g/mol. The van der Waals surface area contributed by atoms with Gasteiger partial charge in [0.25, 0.3) is 0 Å². The molecule has 0 N–H and O–H groups in total. The molecule has 42 heavy (non-hydrogen) atoms. The summed E-state index contributed by atoms with van der Waals surface area (Å²) in [6.07, 6.45) is 8.50. The van der Waals surface area contributed by atoms with Crippen LogP contribution in [-0.2, 0) is 29.8 Å². The predicted octanol–water partition coefficient (Wildman–Crippen LogP) is 4.94. The first kappa shape index (κ1) is 37.5. The third-order valence-electron chi connectivity index (χ3n) is 12.2. The first-order valence-corrected chi connectivity index (χ1v) is 21.2. The van der Waals surface area contributed by atoms with Gasteiger partial charge in [-0.05, 0) is 40.6 Å². The van der Waals surface area contributed by atoms with E-state index in [2.05, 4.69) is 106 Å². The quantitative estimate of drug-likeness (QED) is 0.308. The van der Waals surface area contributed by atoms with Crippen molar-refractivity contribution in [3.8, 4) is 0 Å². The van der Waals surface area contributed by atoms with Crippen molar-refractivity contribution >= 4 is 11.0 Å². The Hall–Kier alpha value is -0.660. The summed E-state index contributed by atoms with van der Waals surface area (Å²) in [7, 11) is 0. The number of fused-ring (bicyclic) bond motifs is 6. The van der Waals surface area contributed by atoms with E-state index in [1.807, 2.05) is 30.3 Å².